The van der Waals surface area contributed by atoms with Gasteiger partial charge in [-0.3, -0.25) is 0 Å². The Kier molecular flexibility index (Phi) is 19.9. The maximum absolute atomic E-state index is 6.06. The second kappa shape index (κ2) is 30.9. The third-order valence-electron chi connectivity index (χ3n) is 29.5. The maximum Gasteiger partial charge on any atom is 0.252 e. The van der Waals surface area contributed by atoms with Gasteiger partial charge in [0, 0.05) is 119 Å². The van der Waals surface area contributed by atoms with Crippen molar-refractivity contribution in [1.82, 2.24) is 15.0 Å². The monoisotopic (exact) mass is 1760 g/mol. The van der Waals surface area contributed by atoms with Crippen LogP contribution >= 0.6 is 0 Å². The fourth-order valence-electron chi connectivity index (χ4n) is 22.1. The summed E-state index contributed by atoms with van der Waals surface area (Å²) in [7, 11) is 0. The lowest BCUT2D eigenvalue weighted by Gasteiger charge is -2.45. The predicted molar refractivity (Wildman–Crippen MR) is 579 cm³/mol. The smallest absolute Gasteiger partial charge is 0.252 e. The molecule has 0 aliphatic carbocycles. The molecule has 0 saturated heterocycles. The highest BCUT2D eigenvalue weighted by molar-refractivity contribution is 7.02. The molecule has 0 spiro atoms. The zero-order valence-corrected chi connectivity index (χ0v) is 83.0. The molecule has 0 unspecified atom stereocenters. The van der Waals surface area contributed by atoms with E-state index in [1.165, 1.54) is 150 Å². The largest absolute Gasteiger partial charge is 0.311 e. The van der Waals surface area contributed by atoms with E-state index in [4.69, 9.17) is 15.0 Å². The van der Waals surface area contributed by atoms with Gasteiger partial charge in [0.1, 0.15) is 0 Å². The molecule has 0 amide bonds. The summed E-state index contributed by atoms with van der Waals surface area (Å²) in [6.45, 7) is 54.6. The molecular formula is C123H120B3N9. The van der Waals surface area contributed by atoms with Crippen molar-refractivity contribution in [3.8, 4) is 34.2 Å². The van der Waals surface area contributed by atoms with Crippen LogP contribution in [0.5, 0.6) is 0 Å². The van der Waals surface area contributed by atoms with Gasteiger partial charge in [-0.2, -0.15) is 0 Å². The molecule has 15 aromatic carbocycles. The van der Waals surface area contributed by atoms with Crippen molar-refractivity contribution in [1.29, 1.82) is 0 Å². The summed E-state index contributed by atoms with van der Waals surface area (Å²) < 4.78 is 0. The van der Waals surface area contributed by atoms with Gasteiger partial charge in [0.25, 0.3) is 20.1 Å². The Balaban J connectivity index is 0.811. The van der Waals surface area contributed by atoms with Crippen molar-refractivity contribution < 1.29 is 0 Å². The number of nitrogens with zero attached hydrogens (tertiary/aromatic N) is 9. The zero-order chi connectivity index (χ0) is 94.2. The molecular weight excluding hydrogens is 1640 g/mol. The highest BCUT2D eigenvalue weighted by Gasteiger charge is 2.49. The van der Waals surface area contributed by atoms with Crippen LogP contribution in [0.4, 0.5) is 102 Å². The molecule has 1 aromatic heterocycles. The molecule has 22 rings (SSSR count). The van der Waals surface area contributed by atoms with Crippen molar-refractivity contribution in [2.45, 2.75) is 199 Å². The lowest BCUT2D eigenvalue weighted by molar-refractivity contribution is 0.590. The molecule has 7 heterocycles. The van der Waals surface area contributed by atoms with Crippen LogP contribution in [0, 0.1) is 41.5 Å². The molecule has 12 heteroatoms. The summed E-state index contributed by atoms with van der Waals surface area (Å²) in [4.78, 5) is 33.4. The first kappa shape index (κ1) is 86.7. The molecule has 6 aliphatic rings. The number of aromatic nitrogens is 3. The van der Waals surface area contributed by atoms with Gasteiger partial charge >= 0.3 is 0 Å². The Bertz CT molecular complexity index is 6830. The van der Waals surface area contributed by atoms with Gasteiger partial charge in [0.2, 0.25) is 0 Å². The van der Waals surface area contributed by atoms with Crippen LogP contribution < -0.4 is 78.6 Å². The molecule has 0 saturated carbocycles. The molecule has 16 aromatic rings. The van der Waals surface area contributed by atoms with E-state index in [1.807, 2.05) is 0 Å². The molecule has 0 bridgehead atoms. The number of hydrogen-bond donors (Lipinski definition) is 0. The molecule has 666 valence electrons. The first-order valence-electron chi connectivity index (χ1n) is 48.5. The van der Waals surface area contributed by atoms with Crippen molar-refractivity contribution in [2.75, 3.05) is 29.4 Å². The van der Waals surface area contributed by atoms with Gasteiger partial charge in [0.15, 0.2) is 17.5 Å². The Hall–Kier alpha value is -13.7. The topological polar surface area (TPSA) is 58.1 Å². The van der Waals surface area contributed by atoms with Crippen molar-refractivity contribution in [3.05, 3.63) is 358 Å². The average molecular weight is 1760 g/mol. The minimum Gasteiger partial charge on any atom is -0.311 e. The van der Waals surface area contributed by atoms with E-state index in [2.05, 4.69) is 487 Å². The Morgan fingerprint density at radius 1 is 0.170 bits per heavy atom. The maximum atomic E-state index is 6.06. The molecule has 0 radical (unpaired) electrons. The van der Waals surface area contributed by atoms with Crippen LogP contribution in [0.15, 0.2) is 291 Å². The van der Waals surface area contributed by atoms with Crippen LogP contribution in [-0.4, -0.2) is 35.1 Å². The van der Waals surface area contributed by atoms with E-state index in [-0.39, 0.29) is 52.6 Å². The van der Waals surface area contributed by atoms with Crippen LogP contribution in [-0.2, 0) is 32.5 Å². The highest BCUT2D eigenvalue weighted by atomic mass is 15.2. The van der Waals surface area contributed by atoms with Crippen molar-refractivity contribution in [3.63, 3.8) is 0 Å². The van der Waals surface area contributed by atoms with Crippen molar-refractivity contribution in [2.24, 2.45) is 0 Å². The van der Waals surface area contributed by atoms with E-state index in [0.29, 0.717) is 17.5 Å². The summed E-state index contributed by atoms with van der Waals surface area (Å²) in [6.07, 6.45) is 0. The normalized spacial score (nSPS) is 14.1. The second-order valence-electron chi connectivity index (χ2n) is 45.6. The summed E-state index contributed by atoms with van der Waals surface area (Å²) in [5, 5.41) is 0. The molecule has 9 nitrogen and oxygen atoms in total. The molecule has 6 aliphatic heterocycles. The number of benzene rings is 15. The van der Waals surface area contributed by atoms with Gasteiger partial charge in [-0.25, -0.2) is 15.0 Å². The van der Waals surface area contributed by atoms with Crippen LogP contribution in [0.1, 0.15) is 191 Å². The summed E-state index contributed by atoms with van der Waals surface area (Å²) in [5.74, 6) is 1.74. The molecule has 135 heavy (non-hydrogen) atoms. The lowest BCUT2D eigenvalue weighted by atomic mass is 9.33. The van der Waals surface area contributed by atoms with E-state index in [9.17, 15) is 0 Å². The highest BCUT2D eigenvalue weighted by Crippen LogP contribution is 2.52. The van der Waals surface area contributed by atoms with Gasteiger partial charge in [-0.1, -0.05) is 269 Å². The fraction of sp³-hybridized carbons (Fsp3) is 0.244. The van der Waals surface area contributed by atoms with E-state index < -0.39 is 0 Å². The third kappa shape index (κ3) is 14.5. The zero-order valence-electron chi connectivity index (χ0n) is 83.0. The summed E-state index contributed by atoms with van der Waals surface area (Å²) >= 11 is 0. The van der Waals surface area contributed by atoms with Crippen LogP contribution in [0.2, 0.25) is 0 Å². The first-order valence-corrected chi connectivity index (χ1v) is 48.5. The number of hydrogen-bond acceptors (Lipinski definition) is 9. The van der Waals surface area contributed by atoms with Crippen LogP contribution in [0.3, 0.4) is 0 Å². The van der Waals surface area contributed by atoms with Gasteiger partial charge in [-0.05, 0) is 337 Å². The minimum absolute atomic E-state index is 0.0313. The van der Waals surface area contributed by atoms with Gasteiger partial charge in [-0.15, -0.1) is 0 Å². The Morgan fingerprint density at radius 2 is 0.341 bits per heavy atom. The first-order chi connectivity index (χ1) is 64.1. The minimum atomic E-state index is -0.218. The predicted octanol–water partition coefficient (Wildman–Crippen LogP) is 26.8. The molecule has 0 atom stereocenters. The van der Waals surface area contributed by atoms with Crippen molar-refractivity contribution >= 4 is 172 Å². The van der Waals surface area contributed by atoms with Gasteiger partial charge in [0.05, 0.1) is 0 Å². The second-order valence-corrected chi connectivity index (χ2v) is 45.6. The number of aryl methyl sites for hydroxylation is 6. The Morgan fingerprint density at radius 3 is 0.533 bits per heavy atom. The lowest BCUT2D eigenvalue weighted by Crippen LogP contribution is -2.61. The summed E-state index contributed by atoms with van der Waals surface area (Å²) in [5.41, 5.74) is 48.4. The average Bonchev–Trinajstić information content (AvgIpc) is 0.702. The number of rotatable bonds is 9. The quantitative estimate of drug-likeness (QED) is 0.132. The van der Waals surface area contributed by atoms with E-state index in [1.54, 1.807) is 0 Å². The van der Waals surface area contributed by atoms with E-state index >= 15 is 0 Å². The molecule has 0 fully saturated rings. The van der Waals surface area contributed by atoms with Crippen LogP contribution in [0.25, 0.3) is 34.2 Å². The summed E-state index contributed by atoms with van der Waals surface area (Å²) in [6, 6.07) is 113. The molecule has 0 N–H and O–H groups in total. The standard InChI is InChI=1S/C123H120B3N9/c1-73-25-43-88(44-26-73)130-100-55-31-79(67-94(100)124-97-70-85(121(16,17)18)40-58-103(97)133(109-64-76(4)61-106(130)112(109)124)91-49-34-82(35-50-91)118(7,8)9)115-127-116(80-32-56-101-95(68-80)125-98-71-86(122(19,20)21)41-59-104(98)134(92-51-36-83(37-52-92)119(10,11)12)110-65-77(5)62-107(113(110)125)131(101)89-45-27-74(2)28-46-89)129-117(128-115)81-33-57-102-96(69-81)126-99-72-87(123(22,23)24)42-60-105(99)135(93-53-38-84(39-54-93)120(13,14)15)111-66-78(6)63-108(114(111)126)132(102)90-47-29-75(3)30-48-90/h25-72H,1-24H3. The Labute approximate surface area is 801 Å². The fourth-order valence-corrected chi connectivity index (χ4v) is 22.1. The third-order valence-corrected chi connectivity index (χ3v) is 29.5. The van der Waals surface area contributed by atoms with E-state index in [0.717, 1.165) is 84.9 Å². The van der Waals surface area contributed by atoms with Gasteiger partial charge < -0.3 is 29.4 Å². The number of anilines is 18. The number of fused-ring (bicyclic) bond motifs is 12. The SMILES string of the molecule is Cc1ccc(N2c3ccc(-c4nc(-c5ccc6c(c5)B5c7cc(C(C)(C)C)ccc7N(c7ccc(C(C)(C)C)cc7)c7cc(C)cc(c75)N6c5ccc(C)cc5)nc(-c5ccc6c(c5)B5c7cc(C(C)(C)C)ccc7N(c7ccc(C(C)(C)C)cc7)c7cc(C)cc(c75)N6c5ccc(C)cc5)n4)cc3B3c4cc(C(C)(C)C)ccc4N(c4ccc(C(C)(C)C)cc4)c4cc(C)cc2c43)cc1.